The van der Waals surface area contributed by atoms with E-state index < -0.39 is 4.92 Å². The number of hydrogen-bond acceptors (Lipinski definition) is 9. The van der Waals surface area contributed by atoms with Crippen molar-refractivity contribution in [2.45, 2.75) is 5.22 Å². The van der Waals surface area contributed by atoms with Gasteiger partial charge in [-0.05, 0) is 6.07 Å². The lowest BCUT2D eigenvalue weighted by atomic mass is 10.2. The Balaban J connectivity index is 1.66. The Morgan fingerprint density at radius 1 is 1.29 bits per heavy atom. The van der Waals surface area contributed by atoms with E-state index in [2.05, 4.69) is 25.8 Å². The first-order valence-corrected chi connectivity index (χ1v) is 7.46. The van der Waals surface area contributed by atoms with Gasteiger partial charge in [-0.15, -0.1) is 20.4 Å². The maximum Gasteiger partial charge on any atom is 0.282 e. The monoisotopic (exact) mass is 347 g/mol. The first-order chi connectivity index (χ1) is 11.6. The Bertz CT molecular complexity index is 864. The minimum Gasteiger partial charge on any atom is -0.411 e. The zero-order valence-corrected chi connectivity index (χ0v) is 12.7. The van der Waals surface area contributed by atoms with Gasteiger partial charge in [0, 0.05) is 6.07 Å². The molecule has 0 aliphatic rings. The predicted molar refractivity (Wildman–Crippen MR) is 81.5 cm³/mol. The van der Waals surface area contributed by atoms with Crippen molar-refractivity contribution in [2.24, 2.45) is 0 Å². The van der Waals surface area contributed by atoms with Crippen LogP contribution in [0.2, 0.25) is 0 Å². The van der Waals surface area contributed by atoms with Gasteiger partial charge in [0.1, 0.15) is 18.2 Å². The number of rotatable bonds is 6. The highest BCUT2D eigenvalue weighted by Gasteiger charge is 2.20. The van der Waals surface area contributed by atoms with E-state index in [-0.39, 0.29) is 34.0 Å². The third-order valence-electron chi connectivity index (χ3n) is 2.74. The molecule has 24 heavy (non-hydrogen) atoms. The number of carbonyl (C=O) groups is 1. The second-order valence-corrected chi connectivity index (χ2v) is 5.27. The SMILES string of the molecule is O=C(CSc1nnc(-c2ccccc2[N+](=O)[O-])o1)Nn1cnnc1. The molecule has 0 aliphatic carbocycles. The van der Waals surface area contributed by atoms with Gasteiger partial charge in [0.2, 0.25) is 5.91 Å². The number of nitrogens with one attached hydrogen (secondary N) is 1. The molecule has 0 saturated carbocycles. The Morgan fingerprint density at radius 2 is 2.04 bits per heavy atom. The molecule has 0 bridgehead atoms. The van der Waals surface area contributed by atoms with Crippen molar-refractivity contribution in [1.29, 1.82) is 0 Å². The number of carbonyl (C=O) groups excluding carboxylic acids is 1. The molecule has 0 saturated heterocycles. The van der Waals surface area contributed by atoms with Crippen molar-refractivity contribution in [3.05, 3.63) is 47.0 Å². The summed E-state index contributed by atoms with van der Waals surface area (Å²) < 4.78 is 6.67. The van der Waals surface area contributed by atoms with Crippen molar-refractivity contribution < 1.29 is 14.1 Å². The van der Waals surface area contributed by atoms with Crippen LogP contribution < -0.4 is 5.43 Å². The fraction of sp³-hybridized carbons (Fsp3) is 0.0833. The summed E-state index contributed by atoms with van der Waals surface area (Å²) >= 11 is 1.00. The molecule has 0 aliphatic heterocycles. The van der Waals surface area contributed by atoms with Gasteiger partial charge in [-0.2, -0.15) is 0 Å². The molecule has 122 valence electrons. The molecule has 3 rings (SSSR count). The molecule has 1 N–H and O–H groups in total. The molecule has 1 amide bonds. The molecule has 12 heteroatoms. The lowest BCUT2D eigenvalue weighted by Crippen LogP contribution is -2.23. The Morgan fingerprint density at radius 3 is 2.79 bits per heavy atom. The zero-order chi connectivity index (χ0) is 16.9. The number of para-hydroxylation sites is 1. The lowest BCUT2D eigenvalue weighted by Gasteiger charge is -2.02. The van der Waals surface area contributed by atoms with Crippen LogP contribution in [-0.2, 0) is 4.79 Å². The van der Waals surface area contributed by atoms with E-state index in [1.54, 1.807) is 12.1 Å². The Kier molecular flexibility index (Phi) is 4.47. The summed E-state index contributed by atoms with van der Waals surface area (Å²) in [6, 6.07) is 6.03. The topological polar surface area (TPSA) is 142 Å². The predicted octanol–water partition coefficient (Wildman–Crippen LogP) is 1.10. The van der Waals surface area contributed by atoms with Crippen molar-refractivity contribution >= 4 is 23.4 Å². The highest BCUT2D eigenvalue weighted by molar-refractivity contribution is 7.99. The Hall–Kier alpha value is -3.28. The van der Waals surface area contributed by atoms with Crippen LogP contribution in [0.15, 0.2) is 46.6 Å². The smallest absolute Gasteiger partial charge is 0.282 e. The van der Waals surface area contributed by atoms with E-state index >= 15 is 0 Å². The average molecular weight is 347 g/mol. The first-order valence-electron chi connectivity index (χ1n) is 6.48. The fourth-order valence-electron chi connectivity index (χ4n) is 1.75. The van der Waals surface area contributed by atoms with Crippen molar-refractivity contribution in [3.63, 3.8) is 0 Å². The van der Waals surface area contributed by atoms with Crippen LogP contribution in [0.3, 0.4) is 0 Å². The molecule has 3 aromatic rings. The molecule has 1 aromatic carbocycles. The maximum absolute atomic E-state index is 11.7. The summed E-state index contributed by atoms with van der Waals surface area (Å²) in [4.78, 5) is 22.2. The summed E-state index contributed by atoms with van der Waals surface area (Å²) in [6.07, 6.45) is 2.67. The van der Waals surface area contributed by atoms with Crippen LogP contribution in [0.5, 0.6) is 0 Å². The first kappa shape index (κ1) is 15.6. The average Bonchev–Trinajstić information content (AvgIpc) is 3.24. The van der Waals surface area contributed by atoms with E-state index in [4.69, 9.17) is 4.42 Å². The summed E-state index contributed by atoms with van der Waals surface area (Å²) in [5, 5.41) is 25.8. The number of nitrogens with zero attached hydrogens (tertiary/aromatic N) is 6. The fourth-order valence-corrected chi connectivity index (χ4v) is 2.31. The van der Waals surface area contributed by atoms with E-state index in [1.807, 2.05) is 0 Å². The molecule has 0 radical (unpaired) electrons. The van der Waals surface area contributed by atoms with Crippen LogP contribution in [0.1, 0.15) is 0 Å². The lowest BCUT2D eigenvalue weighted by molar-refractivity contribution is -0.384. The number of amides is 1. The summed E-state index contributed by atoms with van der Waals surface area (Å²) in [6.45, 7) is 0. The van der Waals surface area contributed by atoms with Gasteiger partial charge >= 0.3 is 0 Å². The molecule has 2 heterocycles. The van der Waals surface area contributed by atoms with Crippen molar-refractivity contribution in [2.75, 3.05) is 11.2 Å². The molecule has 0 atom stereocenters. The van der Waals surface area contributed by atoms with Gasteiger partial charge in [0.25, 0.3) is 16.8 Å². The number of aromatic nitrogens is 5. The highest BCUT2D eigenvalue weighted by atomic mass is 32.2. The minimum absolute atomic E-state index is 0.0106. The number of nitro groups is 1. The quantitative estimate of drug-likeness (QED) is 0.394. The molecule has 0 unspecified atom stereocenters. The molecule has 2 aromatic heterocycles. The van der Waals surface area contributed by atoms with E-state index in [1.165, 1.54) is 29.5 Å². The normalized spacial score (nSPS) is 10.5. The summed E-state index contributed by atoms with van der Waals surface area (Å²) in [5.74, 6) is -0.300. The van der Waals surface area contributed by atoms with Gasteiger partial charge in [-0.25, -0.2) is 4.68 Å². The third-order valence-corrected chi connectivity index (χ3v) is 3.56. The van der Waals surface area contributed by atoms with Gasteiger partial charge < -0.3 is 4.42 Å². The van der Waals surface area contributed by atoms with Crippen LogP contribution in [0.25, 0.3) is 11.5 Å². The number of nitro benzene ring substituents is 1. The number of thioether (sulfide) groups is 1. The van der Waals surface area contributed by atoms with E-state index in [0.717, 1.165) is 11.8 Å². The van der Waals surface area contributed by atoms with Crippen molar-refractivity contribution in [1.82, 2.24) is 25.1 Å². The second-order valence-electron chi connectivity index (χ2n) is 4.34. The third kappa shape index (κ3) is 3.55. The summed E-state index contributed by atoms with van der Waals surface area (Å²) in [5.41, 5.74) is 2.59. The van der Waals surface area contributed by atoms with Gasteiger partial charge in [0.05, 0.1) is 10.7 Å². The van der Waals surface area contributed by atoms with Crippen LogP contribution in [0.4, 0.5) is 5.69 Å². The molecular weight excluding hydrogens is 338 g/mol. The number of hydrogen-bond donors (Lipinski definition) is 1. The minimum atomic E-state index is -0.529. The van der Waals surface area contributed by atoms with E-state index in [9.17, 15) is 14.9 Å². The molecule has 0 fully saturated rings. The van der Waals surface area contributed by atoms with Gasteiger partial charge in [-0.3, -0.25) is 20.3 Å². The van der Waals surface area contributed by atoms with Crippen LogP contribution in [0, 0.1) is 10.1 Å². The highest BCUT2D eigenvalue weighted by Crippen LogP contribution is 2.30. The second kappa shape index (κ2) is 6.87. The maximum atomic E-state index is 11.7. The standard InChI is InChI=1S/C12H9N7O4S/c20-10(17-18-6-13-14-7-18)5-24-12-16-15-11(23-12)8-3-1-2-4-9(8)19(21)22/h1-4,6-7H,5H2,(H,17,20). The molecular formula is C12H9N7O4S. The van der Waals surface area contributed by atoms with Gasteiger partial charge in [-0.1, -0.05) is 23.9 Å². The number of benzene rings is 1. The largest absolute Gasteiger partial charge is 0.411 e. The van der Waals surface area contributed by atoms with Gasteiger partial charge in [0.15, 0.2) is 0 Å². The summed E-state index contributed by atoms with van der Waals surface area (Å²) in [7, 11) is 0. The van der Waals surface area contributed by atoms with E-state index in [0.29, 0.717) is 0 Å². The van der Waals surface area contributed by atoms with Crippen molar-refractivity contribution in [3.8, 4) is 11.5 Å². The molecule has 0 spiro atoms. The van der Waals surface area contributed by atoms with Crippen LogP contribution >= 0.6 is 11.8 Å². The van der Waals surface area contributed by atoms with Crippen LogP contribution in [-0.4, -0.2) is 41.7 Å². The Labute approximate surface area is 138 Å². The zero-order valence-electron chi connectivity index (χ0n) is 11.9. The molecule has 11 nitrogen and oxygen atoms in total.